The maximum atomic E-state index is 12.9. The molecule has 0 bridgehead atoms. The van der Waals surface area contributed by atoms with Crippen molar-refractivity contribution in [2.24, 2.45) is 4.99 Å². The van der Waals surface area contributed by atoms with Gasteiger partial charge in [0.05, 0.1) is 12.1 Å². The minimum atomic E-state index is -0.762. The van der Waals surface area contributed by atoms with Crippen LogP contribution in [0.5, 0.6) is 0 Å². The number of hydrogen-bond acceptors (Lipinski definition) is 5. The van der Waals surface area contributed by atoms with Gasteiger partial charge in [0, 0.05) is 17.3 Å². The number of nitrogens with zero attached hydrogens (tertiary/aromatic N) is 4. The van der Waals surface area contributed by atoms with E-state index in [1.54, 1.807) is 0 Å². The summed E-state index contributed by atoms with van der Waals surface area (Å²) < 4.78 is 12.9. The SMILES string of the molecule is Cc1csc([C@H](C#N)C=N[C@H](C#N)c2ccc(F)cc2)n1. The number of thiazole rings is 1. The van der Waals surface area contributed by atoms with Crippen LogP contribution < -0.4 is 0 Å². The third-order valence-corrected chi connectivity index (χ3v) is 3.78. The minimum Gasteiger partial charge on any atom is -0.272 e. The molecule has 4 nitrogen and oxygen atoms in total. The zero-order valence-electron chi connectivity index (χ0n) is 11.2. The van der Waals surface area contributed by atoms with Gasteiger partial charge in [-0.05, 0) is 24.6 Å². The van der Waals surface area contributed by atoms with Crippen LogP contribution in [-0.2, 0) is 0 Å². The zero-order valence-corrected chi connectivity index (χ0v) is 12.0. The first-order valence-electron chi connectivity index (χ1n) is 6.14. The summed E-state index contributed by atoms with van der Waals surface area (Å²) in [5.74, 6) is -0.951. The van der Waals surface area contributed by atoms with Crippen LogP contribution in [0.4, 0.5) is 4.39 Å². The van der Waals surface area contributed by atoms with Gasteiger partial charge in [-0.1, -0.05) is 12.1 Å². The van der Waals surface area contributed by atoms with Crippen molar-refractivity contribution in [3.63, 3.8) is 0 Å². The van der Waals surface area contributed by atoms with Crippen molar-refractivity contribution in [2.75, 3.05) is 0 Å². The van der Waals surface area contributed by atoms with Gasteiger partial charge in [-0.3, -0.25) is 4.99 Å². The van der Waals surface area contributed by atoms with Crippen LogP contribution in [0.25, 0.3) is 0 Å². The molecule has 0 N–H and O–H groups in total. The van der Waals surface area contributed by atoms with Crippen LogP contribution in [0.2, 0.25) is 0 Å². The number of nitriles is 2. The predicted molar refractivity (Wildman–Crippen MR) is 78.5 cm³/mol. The number of hydrogen-bond donors (Lipinski definition) is 0. The average Bonchev–Trinajstić information content (AvgIpc) is 2.91. The summed E-state index contributed by atoms with van der Waals surface area (Å²) in [7, 11) is 0. The van der Waals surface area contributed by atoms with Crippen molar-refractivity contribution in [1.82, 2.24) is 4.98 Å². The Hall–Kier alpha value is -2.57. The van der Waals surface area contributed by atoms with Crippen molar-refractivity contribution in [3.05, 3.63) is 51.7 Å². The summed E-state index contributed by atoms with van der Waals surface area (Å²) in [6.07, 6.45) is 1.43. The fraction of sp³-hybridized carbons (Fsp3) is 0.200. The van der Waals surface area contributed by atoms with Gasteiger partial charge in [0.1, 0.15) is 16.7 Å². The standard InChI is InChI=1S/C15H11FN4S/c1-10-9-21-15(20-10)12(6-17)8-19-14(7-18)11-2-4-13(16)5-3-11/h2-5,8-9,12,14H,1H3/t12-,14-/m1/s1. The monoisotopic (exact) mass is 298 g/mol. The van der Waals surface area contributed by atoms with Gasteiger partial charge in [-0.15, -0.1) is 11.3 Å². The van der Waals surface area contributed by atoms with Gasteiger partial charge in [0.2, 0.25) is 0 Å². The lowest BCUT2D eigenvalue weighted by Gasteiger charge is -2.04. The molecular formula is C15H11FN4S. The Balaban J connectivity index is 2.19. The number of rotatable bonds is 4. The van der Waals surface area contributed by atoms with Crippen LogP contribution in [-0.4, -0.2) is 11.2 Å². The molecule has 0 fully saturated rings. The second-order valence-corrected chi connectivity index (χ2v) is 5.20. The van der Waals surface area contributed by atoms with Gasteiger partial charge >= 0.3 is 0 Å². The highest BCUT2D eigenvalue weighted by Gasteiger charge is 2.14. The van der Waals surface area contributed by atoms with E-state index in [0.717, 1.165) is 5.69 Å². The highest BCUT2D eigenvalue weighted by Crippen LogP contribution is 2.21. The largest absolute Gasteiger partial charge is 0.272 e. The minimum absolute atomic E-state index is 0.368. The van der Waals surface area contributed by atoms with Crippen LogP contribution in [0.15, 0.2) is 34.6 Å². The molecule has 0 amide bonds. The smallest absolute Gasteiger partial charge is 0.161 e. The molecule has 6 heteroatoms. The molecule has 2 aromatic rings. The quantitative estimate of drug-likeness (QED) is 0.810. The Kier molecular flexibility index (Phi) is 4.76. The summed E-state index contributed by atoms with van der Waals surface area (Å²) in [5.41, 5.74) is 1.43. The third-order valence-electron chi connectivity index (χ3n) is 2.73. The highest BCUT2D eigenvalue weighted by atomic mass is 32.1. The average molecular weight is 298 g/mol. The van der Waals surface area contributed by atoms with Crippen molar-refractivity contribution in [2.45, 2.75) is 18.9 Å². The van der Waals surface area contributed by atoms with Crippen molar-refractivity contribution in [3.8, 4) is 12.1 Å². The van der Waals surface area contributed by atoms with Crippen LogP contribution in [0.1, 0.15) is 28.2 Å². The predicted octanol–water partition coefficient (Wildman–Crippen LogP) is 3.53. The van der Waals surface area contributed by atoms with Crippen LogP contribution in [0, 0.1) is 35.4 Å². The van der Waals surface area contributed by atoms with E-state index in [9.17, 15) is 9.65 Å². The van der Waals surface area contributed by atoms with Crippen LogP contribution >= 0.6 is 11.3 Å². The van der Waals surface area contributed by atoms with Crippen molar-refractivity contribution >= 4 is 17.6 Å². The fourth-order valence-corrected chi connectivity index (χ4v) is 2.48. The highest BCUT2D eigenvalue weighted by molar-refractivity contribution is 7.09. The Bertz CT molecular complexity index is 721. The summed E-state index contributed by atoms with van der Waals surface area (Å²) in [6.45, 7) is 1.85. The van der Waals surface area contributed by atoms with Gasteiger partial charge in [-0.2, -0.15) is 10.5 Å². The molecule has 104 valence electrons. The molecule has 0 aliphatic heterocycles. The molecule has 2 rings (SSSR count). The molecule has 0 aliphatic carbocycles. The molecule has 1 aromatic heterocycles. The zero-order chi connectivity index (χ0) is 15.2. The molecule has 0 aliphatic rings. The van der Waals surface area contributed by atoms with Crippen molar-refractivity contribution < 1.29 is 4.39 Å². The van der Waals surface area contributed by atoms with E-state index in [1.807, 2.05) is 18.4 Å². The first kappa shape index (κ1) is 14.8. The maximum absolute atomic E-state index is 12.9. The molecular weight excluding hydrogens is 287 g/mol. The number of aryl methyl sites for hydroxylation is 1. The molecule has 0 spiro atoms. The number of aromatic nitrogens is 1. The Labute approximate surface area is 125 Å². The van der Waals surface area contributed by atoms with Gasteiger partial charge < -0.3 is 0 Å². The van der Waals surface area contributed by atoms with E-state index in [2.05, 4.69) is 16.0 Å². The first-order chi connectivity index (χ1) is 10.1. The van der Waals surface area contributed by atoms with E-state index in [4.69, 9.17) is 5.26 Å². The second kappa shape index (κ2) is 6.74. The lowest BCUT2D eigenvalue weighted by atomic mass is 10.1. The number of benzene rings is 1. The molecule has 0 saturated heterocycles. The van der Waals surface area contributed by atoms with Gasteiger partial charge in [0.15, 0.2) is 6.04 Å². The molecule has 0 radical (unpaired) electrons. The summed E-state index contributed by atoms with van der Waals surface area (Å²) in [4.78, 5) is 8.38. The Morgan fingerprint density at radius 2 is 2.00 bits per heavy atom. The molecule has 1 aromatic carbocycles. The molecule has 21 heavy (non-hydrogen) atoms. The van der Waals surface area contributed by atoms with Gasteiger partial charge in [0.25, 0.3) is 0 Å². The maximum Gasteiger partial charge on any atom is 0.161 e. The van der Waals surface area contributed by atoms with Gasteiger partial charge in [-0.25, -0.2) is 9.37 Å². The normalized spacial score (nSPS) is 13.5. The summed E-state index contributed by atoms with van der Waals surface area (Å²) in [6, 6.07) is 8.94. The molecule has 2 atom stereocenters. The van der Waals surface area contributed by atoms with Crippen LogP contribution in [0.3, 0.4) is 0 Å². The summed E-state index contributed by atoms with van der Waals surface area (Å²) in [5, 5.41) is 20.8. The lowest BCUT2D eigenvalue weighted by Crippen LogP contribution is -2.00. The van der Waals surface area contributed by atoms with E-state index in [-0.39, 0.29) is 5.82 Å². The molecule has 1 heterocycles. The van der Waals surface area contributed by atoms with E-state index in [0.29, 0.717) is 10.6 Å². The first-order valence-corrected chi connectivity index (χ1v) is 7.02. The topological polar surface area (TPSA) is 72.8 Å². The molecule has 0 unspecified atom stereocenters. The molecule has 0 saturated carbocycles. The van der Waals surface area contributed by atoms with E-state index < -0.39 is 12.0 Å². The third kappa shape index (κ3) is 3.71. The lowest BCUT2D eigenvalue weighted by molar-refractivity contribution is 0.626. The summed E-state index contributed by atoms with van der Waals surface area (Å²) >= 11 is 1.38. The van der Waals surface area contributed by atoms with E-state index >= 15 is 0 Å². The fourth-order valence-electron chi connectivity index (χ4n) is 1.68. The number of halogens is 1. The number of aliphatic imine (C=N–C) groups is 1. The second-order valence-electron chi connectivity index (χ2n) is 4.32. The Morgan fingerprint density at radius 3 is 2.52 bits per heavy atom. The Morgan fingerprint density at radius 1 is 1.29 bits per heavy atom. The van der Waals surface area contributed by atoms with Crippen molar-refractivity contribution in [1.29, 1.82) is 10.5 Å². The van der Waals surface area contributed by atoms with E-state index in [1.165, 1.54) is 41.8 Å².